The maximum atomic E-state index is 12.4. The van der Waals surface area contributed by atoms with Crippen molar-refractivity contribution in [1.82, 2.24) is 9.88 Å². The summed E-state index contributed by atoms with van der Waals surface area (Å²) >= 11 is 7.73. The van der Waals surface area contributed by atoms with Crippen molar-refractivity contribution >= 4 is 39.8 Å². The molecule has 1 atom stereocenters. The number of thiazole rings is 1. The van der Waals surface area contributed by atoms with Crippen LogP contribution >= 0.6 is 22.9 Å². The summed E-state index contributed by atoms with van der Waals surface area (Å²) in [6, 6.07) is 6.26. The van der Waals surface area contributed by atoms with Gasteiger partial charge in [-0.2, -0.15) is 0 Å². The van der Waals surface area contributed by atoms with Gasteiger partial charge in [-0.3, -0.25) is 5.32 Å². The third-order valence-corrected chi connectivity index (χ3v) is 5.47. The number of aryl methyl sites for hydroxylation is 2. The van der Waals surface area contributed by atoms with Crippen molar-refractivity contribution in [3.63, 3.8) is 0 Å². The van der Waals surface area contributed by atoms with Crippen LogP contribution in [-0.4, -0.2) is 41.6 Å². The van der Waals surface area contributed by atoms with Crippen molar-refractivity contribution in [2.24, 2.45) is 0 Å². The molecule has 0 spiro atoms. The quantitative estimate of drug-likeness (QED) is 0.870. The number of carbonyl (C=O) groups is 1. The zero-order valence-electron chi connectivity index (χ0n) is 14.0. The fourth-order valence-corrected chi connectivity index (χ4v) is 3.70. The third-order valence-electron chi connectivity index (χ3n) is 4.24. The Kier molecular flexibility index (Phi) is 4.96. The highest BCUT2D eigenvalue weighted by Gasteiger charge is 2.27. The summed E-state index contributed by atoms with van der Waals surface area (Å²) < 4.78 is 0. The van der Waals surface area contributed by atoms with Crippen LogP contribution in [0, 0.1) is 13.8 Å². The molecule has 7 heteroatoms. The fraction of sp³-hybridized carbons (Fsp3) is 0.412. The van der Waals surface area contributed by atoms with Gasteiger partial charge >= 0.3 is 6.03 Å². The molecule has 1 saturated heterocycles. The lowest BCUT2D eigenvalue weighted by molar-refractivity contribution is 0.200. The minimum atomic E-state index is -0.0854. The van der Waals surface area contributed by atoms with E-state index in [0.717, 1.165) is 27.7 Å². The first-order valence-corrected chi connectivity index (χ1v) is 9.14. The maximum Gasteiger partial charge on any atom is 0.323 e. The van der Waals surface area contributed by atoms with Crippen LogP contribution in [0.1, 0.15) is 17.4 Å². The van der Waals surface area contributed by atoms with Crippen molar-refractivity contribution < 1.29 is 4.79 Å². The summed E-state index contributed by atoms with van der Waals surface area (Å²) in [4.78, 5) is 21.8. The molecule has 2 amide bonds. The Morgan fingerprint density at radius 2 is 2.17 bits per heavy atom. The minimum Gasteiger partial charge on any atom is -0.365 e. The highest BCUT2D eigenvalue weighted by Crippen LogP contribution is 2.26. The molecular formula is C17H21ClN4OS. The average Bonchev–Trinajstić information content (AvgIpc) is 2.95. The van der Waals surface area contributed by atoms with Crippen LogP contribution in [0.3, 0.4) is 0 Å². The van der Waals surface area contributed by atoms with Crippen molar-refractivity contribution in [3.05, 3.63) is 39.9 Å². The maximum absolute atomic E-state index is 12.4. The minimum absolute atomic E-state index is 0.0854. The van der Waals surface area contributed by atoms with E-state index in [1.807, 2.05) is 30.9 Å². The van der Waals surface area contributed by atoms with Crippen LogP contribution in [0.2, 0.25) is 5.02 Å². The molecule has 1 N–H and O–H groups in total. The number of hydrogen-bond acceptors (Lipinski definition) is 4. The van der Waals surface area contributed by atoms with Crippen molar-refractivity contribution in [2.45, 2.75) is 26.8 Å². The number of benzene rings is 1. The molecule has 0 saturated carbocycles. The van der Waals surface area contributed by atoms with Gasteiger partial charge in [0.1, 0.15) is 0 Å². The van der Waals surface area contributed by atoms with Crippen LogP contribution in [-0.2, 0) is 0 Å². The van der Waals surface area contributed by atoms with Gasteiger partial charge in [-0.05, 0) is 38.5 Å². The van der Waals surface area contributed by atoms with Gasteiger partial charge in [-0.25, -0.2) is 9.78 Å². The molecule has 1 unspecified atom stereocenters. The van der Waals surface area contributed by atoms with E-state index < -0.39 is 0 Å². The predicted octanol–water partition coefficient (Wildman–Crippen LogP) is 4.16. The van der Waals surface area contributed by atoms with Crippen molar-refractivity contribution in [1.29, 1.82) is 0 Å². The number of amides is 2. The van der Waals surface area contributed by atoms with E-state index in [1.165, 1.54) is 11.3 Å². The molecule has 128 valence electrons. The van der Waals surface area contributed by atoms with Gasteiger partial charge in [0.15, 0.2) is 5.13 Å². The van der Waals surface area contributed by atoms with Crippen LogP contribution in [0.4, 0.5) is 15.6 Å². The van der Waals surface area contributed by atoms with E-state index >= 15 is 0 Å². The van der Waals surface area contributed by atoms with Gasteiger partial charge < -0.3 is 9.80 Å². The van der Waals surface area contributed by atoms with Crippen LogP contribution in [0.25, 0.3) is 0 Å². The monoisotopic (exact) mass is 364 g/mol. The molecule has 0 aliphatic carbocycles. The zero-order valence-corrected chi connectivity index (χ0v) is 15.6. The number of anilines is 2. The fourth-order valence-electron chi connectivity index (χ4n) is 2.87. The Morgan fingerprint density at radius 1 is 1.38 bits per heavy atom. The number of piperazine rings is 1. The van der Waals surface area contributed by atoms with E-state index in [-0.39, 0.29) is 12.1 Å². The molecular weight excluding hydrogens is 344 g/mol. The number of aromatic nitrogens is 1. The Morgan fingerprint density at radius 3 is 2.79 bits per heavy atom. The van der Waals surface area contributed by atoms with Crippen LogP contribution < -0.4 is 10.2 Å². The second kappa shape index (κ2) is 6.99. The van der Waals surface area contributed by atoms with Gasteiger partial charge in [0.05, 0.1) is 0 Å². The highest BCUT2D eigenvalue weighted by molar-refractivity contribution is 7.15. The molecule has 0 bridgehead atoms. The van der Waals surface area contributed by atoms with Gasteiger partial charge in [0.25, 0.3) is 0 Å². The zero-order chi connectivity index (χ0) is 17.3. The summed E-state index contributed by atoms with van der Waals surface area (Å²) in [7, 11) is 0. The molecule has 5 nitrogen and oxygen atoms in total. The van der Waals surface area contributed by atoms with E-state index in [0.29, 0.717) is 18.2 Å². The first-order chi connectivity index (χ1) is 11.4. The number of nitrogens with zero attached hydrogens (tertiary/aromatic N) is 3. The largest absolute Gasteiger partial charge is 0.365 e. The van der Waals surface area contributed by atoms with Crippen LogP contribution in [0.15, 0.2) is 24.4 Å². The number of hydrogen-bond donors (Lipinski definition) is 1. The van der Waals surface area contributed by atoms with Crippen molar-refractivity contribution in [3.8, 4) is 0 Å². The molecule has 1 aliphatic heterocycles. The molecule has 24 heavy (non-hydrogen) atoms. The molecule has 1 aromatic carbocycles. The summed E-state index contributed by atoms with van der Waals surface area (Å²) in [5, 5.41) is 4.31. The Balaban J connectivity index is 1.64. The second-order valence-corrected chi connectivity index (χ2v) is 7.77. The molecule has 2 heterocycles. The van der Waals surface area contributed by atoms with E-state index in [9.17, 15) is 4.79 Å². The highest BCUT2D eigenvalue weighted by atomic mass is 35.5. The summed E-state index contributed by atoms with van der Waals surface area (Å²) in [5.41, 5.74) is 2.18. The van der Waals surface area contributed by atoms with Gasteiger partial charge in [0, 0.05) is 47.5 Å². The lowest BCUT2D eigenvalue weighted by Crippen LogP contribution is -2.54. The first kappa shape index (κ1) is 17.0. The second-order valence-electron chi connectivity index (χ2n) is 6.13. The smallest absolute Gasteiger partial charge is 0.323 e. The van der Waals surface area contributed by atoms with Crippen LogP contribution in [0.5, 0.6) is 0 Å². The molecule has 1 aliphatic rings. The average molecular weight is 365 g/mol. The number of halogens is 1. The molecule has 0 radical (unpaired) electrons. The number of urea groups is 1. The lowest BCUT2D eigenvalue weighted by atomic mass is 10.1. The van der Waals surface area contributed by atoms with Crippen molar-refractivity contribution in [2.75, 3.05) is 29.9 Å². The van der Waals surface area contributed by atoms with E-state index in [4.69, 9.17) is 11.6 Å². The summed E-state index contributed by atoms with van der Waals surface area (Å²) in [5.74, 6) is 0. The topological polar surface area (TPSA) is 48.5 Å². The predicted molar refractivity (Wildman–Crippen MR) is 100 cm³/mol. The molecule has 1 aromatic heterocycles. The number of nitrogens with one attached hydrogen (secondary N) is 1. The number of rotatable bonds is 2. The molecule has 1 fully saturated rings. The van der Waals surface area contributed by atoms with Gasteiger partial charge in [-0.15, -0.1) is 11.3 Å². The first-order valence-electron chi connectivity index (χ1n) is 7.95. The third kappa shape index (κ3) is 3.65. The lowest BCUT2D eigenvalue weighted by Gasteiger charge is -2.41. The van der Waals surface area contributed by atoms with E-state index in [1.54, 1.807) is 6.20 Å². The standard InChI is InChI=1S/C17H21ClN4OS/c1-11-4-5-14(8-15(11)18)22-7-6-21(10-12(22)2)17(23)20-16-19-9-13(3)24-16/h4-5,8-9,12H,6-7,10H2,1-3H3,(H,19,20,23). The van der Waals surface area contributed by atoms with Gasteiger partial charge in [-0.1, -0.05) is 17.7 Å². The number of carbonyl (C=O) groups excluding carboxylic acids is 1. The normalized spacial score (nSPS) is 17.9. The Bertz CT molecular complexity index is 748. The summed E-state index contributed by atoms with van der Waals surface area (Å²) in [6.45, 7) is 8.22. The molecule has 2 aromatic rings. The SMILES string of the molecule is Cc1cnc(NC(=O)N2CCN(c3ccc(C)c(Cl)c3)C(C)C2)s1. The van der Waals surface area contributed by atoms with Gasteiger partial charge in [0.2, 0.25) is 0 Å². The van der Waals surface area contributed by atoms with E-state index in [2.05, 4.69) is 28.2 Å². The summed E-state index contributed by atoms with van der Waals surface area (Å²) in [6.07, 6.45) is 1.77. The molecule has 3 rings (SSSR count). The Labute approximate surface area is 151 Å². The Hall–Kier alpha value is -1.79.